The van der Waals surface area contributed by atoms with Gasteiger partial charge in [-0.2, -0.15) is 0 Å². The molecule has 0 bridgehead atoms. The second-order valence-electron chi connectivity index (χ2n) is 7.26. The van der Waals surface area contributed by atoms with E-state index in [0.717, 1.165) is 11.8 Å². The number of hydrogen-bond acceptors (Lipinski definition) is 1. The van der Waals surface area contributed by atoms with Crippen molar-refractivity contribution in [3.63, 3.8) is 0 Å². The Bertz CT molecular complexity index is 701. The van der Waals surface area contributed by atoms with Crippen LogP contribution in [0.15, 0.2) is 73.3 Å². The highest BCUT2D eigenvalue weighted by atomic mass is 16.5. The first-order valence-corrected chi connectivity index (χ1v) is 9.81. The third kappa shape index (κ3) is 4.95. The van der Waals surface area contributed by atoms with Crippen LogP contribution in [0.1, 0.15) is 49.7 Å². The van der Waals surface area contributed by atoms with E-state index in [9.17, 15) is 0 Å². The summed E-state index contributed by atoms with van der Waals surface area (Å²) in [6.07, 6.45) is 11.6. The molecule has 1 aliphatic carbocycles. The van der Waals surface area contributed by atoms with Gasteiger partial charge in [-0.05, 0) is 66.7 Å². The molecule has 1 aliphatic rings. The molecule has 0 unspecified atom stereocenters. The minimum atomic E-state index is 0.597. The lowest BCUT2D eigenvalue weighted by molar-refractivity contribution is 0.149. The van der Waals surface area contributed by atoms with Crippen molar-refractivity contribution in [2.45, 2.75) is 45.1 Å². The smallest absolute Gasteiger partial charge is 0.0721 e. The quantitative estimate of drug-likeness (QED) is 0.391. The summed E-state index contributed by atoms with van der Waals surface area (Å²) in [5, 5.41) is 0. The Hall–Kier alpha value is -2.12. The molecule has 2 aromatic carbocycles. The molecular weight excluding hydrogens is 316 g/mol. The van der Waals surface area contributed by atoms with Gasteiger partial charge in [0.25, 0.3) is 0 Å². The van der Waals surface area contributed by atoms with Crippen LogP contribution in [0.5, 0.6) is 0 Å². The van der Waals surface area contributed by atoms with E-state index in [1.165, 1.54) is 47.9 Å². The normalized spacial score (nSPS) is 20.3. The predicted molar refractivity (Wildman–Crippen MR) is 111 cm³/mol. The van der Waals surface area contributed by atoms with E-state index < -0.39 is 0 Å². The topological polar surface area (TPSA) is 9.23 Å². The molecule has 1 nitrogen and oxygen atoms in total. The van der Waals surface area contributed by atoms with Gasteiger partial charge in [-0.25, -0.2) is 0 Å². The first-order valence-electron chi connectivity index (χ1n) is 9.81. The molecule has 0 heterocycles. The summed E-state index contributed by atoms with van der Waals surface area (Å²) in [4.78, 5) is 0. The van der Waals surface area contributed by atoms with Crippen LogP contribution in [-0.4, -0.2) is 6.61 Å². The minimum Gasteiger partial charge on any atom is -0.373 e. The van der Waals surface area contributed by atoms with Crippen LogP contribution in [0.25, 0.3) is 11.1 Å². The molecule has 1 saturated carbocycles. The Labute approximate surface area is 158 Å². The molecule has 0 aliphatic heterocycles. The average Bonchev–Trinajstić information content (AvgIpc) is 2.70. The zero-order valence-electron chi connectivity index (χ0n) is 15.9. The van der Waals surface area contributed by atoms with Crippen LogP contribution in [0, 0.1) is 5.92 Å². The van der Waals surface area contributed by atoms with Crippen molar-refractivity contribution in [2.24, 2.45) is 5.92 Å². The average molecular weight is 347 g/mol. The molecule has 0 aromatic heterocycles. The maximum Gasteiger partial charge on any atom is 0.0721 e. The molecule has 0 amide bonds. The molecule has 1 fully saturated rings. The molecule has 3 rings (SSSR count). The molecule has 0 spiro atoms. The van der Waals surface area contributed by atoms with Gasteiger partial charge in [0.05, 0.1) is 13.2 Å². The molecule has 0 atom stereocenters. The first-order chi connectivity index (χ1) is 12.8. The standard InChI is InChI=1S/C25H30O/c1-3-5-20-6-10-22(11-7-20)24-14-16-25(17-15-24)23-12-8-21(9-13-23)19-26-18-4-2/h3-5,8-9,12-17,20,22H,2,6-7,10-11,18-19H2,1H3/b5-3-. The number of hydrogen-bond donors (Lipinski definition) is 0. The van der Waals surface area contributed by atoms with E-state index in [0.29, 0.717) is 13.2 Å². The van der Waals surface area contributed by atoms with Crippen molar-refractivity contribution in [3.05, 3.63) is 84.5 Å². The van der Waals surface area contributed by atoms with E-state index >= 15 is 0 Å². The van der Waals surface area contributed by atoms with Gasteiger partial charge in [-0.1, -0.05) is 66.8 Å². The van der Waals surface area contributed by atoms with Crippen molar-refractivity contribution >= 4 is 0 Å². The minimum absolute atomic E-state index is 0.597. The van der Waals surface area contributed by atoms with Crippen LogP contribution in [-0.2, 0) is 11.3 Å². The number of ether oxygens (including phenoxy) is 1. The summed E-state index contributed by atoms with van der Waals surface area (Å²) in [5.41, 5.74) is 5.25. The summed E-state index contributed by atoms with van der Waals surface area (Å²) in [6.45, 7) is 7.04. The summed E-state index contributed by atoms with van der Waals surface area (Å²) in [7, 11) is 0. The van der Waals surface area contributed by atoms with Gasteiger partial charge in [0, 0.05) is 0 Å². The van der Waals surface area contributed by atoms with Crippen molar-refractivity contribution in [1.82, 2.24) is 0 Å². The van der Waals surface area contributed by atoms with Crippen LogP contribution in [0.3, 0.4) is 0 Å². The fourth-order valence-corrected chi connectivity index (χ4v) is 3.92. The second kappa shape index (κ2) is 9.54. The Morgan fingerprint density at radius 2 is 1.54 bits per heavy atom. The third-order valence-electron chi connectivity index (χ3n) is 5.41. The van der Waals surface area contributed by atoms with Crippen molar-refractivity contribution in [2.75, 3.05) is 6.61 Å². The molecule has 1 heteroatoms. The highest BCUT2D eigenvalue weighted by molar-refractivity contribution is 5.64. The van der Waals surface area contributed by atoms with Gasteiger partial charge in [0.1, 0.15) is 0 Å². The number of rotatable bonds is 7. The van der Waals surface area contributed by atoms with Gasteiger partial charge in [-0.15, -0.1) is 6.58 Å². The van der Waals surface area contributed by atoms with Crippen LogP contribution < -0.4 is 0 Å². The van der Waals surface area contributed by atoms with E-state index in [1.54, 1.807) is 6.08 Å². The Balaban J connectivity index is 1.60. The first kappa shape index (κ1) is 18.7. The van der Waals surface area contributed by atoms with Gasteiger partial charge in [-0.3, -0.25) is 0 Å². The third-order valence-corrected chi connectivity index (χ3v) is 5.41. The maximum atomic E-state index is 5.50. The molecule has 136 valence electrons. The van der Waals surface area contributed by atoms with Crippen LogP contribution in [0.2, 0.25) is 0 Å². The summed E-state index contributed by atoms with van der Waals surface area (Å²) >= 11 is 0. The zero-order valence-corrected chi connectivity index (χ0v) is 15.9. The lowest BCUT2D eigenvalue weighted by Crippen LogP contribution is -2.11. The summed E-state index contributed by atoms with van der Waals surface area (Å²) < 4.78 is 5.50. The maximum absolute atomic E-state index is 5.50. The molecule has 0 N–H and O–H groups in total. The fraction of sp³-hybridized carbons (Fsp3) is 0.360. The number of allylic oxidation sites excluding steroid dienone is 2. The van der Waals surface area contributed by atoms with Gasteiger partial charge in [0.15, 0.2) is 0 Å². The van der Waals surface area contributed by atoms with Gasteiger partial charge < -0.3 is 4.74 Å². The highest BCUT2D eigenvalue weighted by Gasteiger charge is 2.20. The highest BCUT2D eigenvalue weighted by Crippen LogP contribution is 2.36. The predicted octanol–water partition coefficient (Wildman–Crippen LogP) is 6.91. The SMILES string of the molecule is C=CCOCc1ccc(-c2ccc(C3CCC(/C=C\C)CC3)cc2)cc1. The Kier molecular flexibility index (Phi) is 6.85. The molecule has 0 radical (unpaired) electrons. The summed E-state index contributed by atoms with van der Waals surface area (Å²) in [5.74, 6) is 1.53. The molecule has 26 heavy (non-hydrogen) atoms. The van der Waals surface area contributed by atoms with Gasteiger partial charge >= 0.3 is 0 Å². The van der Waals surface area contributed by atoms with E-state index in [2.05, 4.69) is 74.2 Å². The monoisotopic (exact) mass is 346 g/mol. The molecular formula is C25H30O. The van der Waals surface area contributed by atoms with E-state index in [4.69, 9.17) is 4.74 Å². The summed E-state index contributed by atoms with van der Waals surface area (Å²) in [6, 6.07) is 17.9. The van der Waals surface area contributed by atoms with Crippen molar-refractivity contribution in [3.8, 4) is 11.1 Å². The molecule has 2 aromatic rings. The van der Waals surface area contributed by atoms with Crippen molar-refractivity contribution in [1.29, 1.82) is 0 Å². The van der Waals surface area contributed by atoms with Gasteiger partial charge in [0.2, 0.25) is 0 Å². The number of benzene rings is 2. The lowest BCUT2D eigenvalue weighted by Gasteiger charge is -2.27. The van der Waals surface area contributed by atoms with E-state index in [-0.39, 0.29) is 0 Å². The Morgan fingerprint density at radius 1 is 0.923 bits per heavy atom. The lowest BCUT2D eigenvalue weighted by atomic mass is 9.78. The molecule has 0 saturated heterocycles. The van der Waals surface area contributed by atoms with Crippen LogP contribution >= 0.6 is 0 Å². The van der Waals surface area contributed by atoms with E-state index in [1.807, 2.05) is 0 Å². The fourth-order valence-electron chi connectivity index (χ4n) is 3.92. The largest absolute Gasteiger partial charge is 0.373 e. The second-order valence-corrected chi connectivity index (χ2v) is 7.26. The Morgan fingerprint density at radius 3 is 2.12 bits per heavy atom. The van der Waals surface area contributed by atoms with Crippen LogP contribution in [0.4, 0.5) is 0 Å². The van der Waals surface area contributed by atoms with Crippen molar-refractivity contribution < 1.29 is 4.74 Å². The zero-order chi connectivity index (χ0) is 18.2.